The number of rotatable bonds is 4. The Bertz CT molecular complexity index is 670. The summed E-state index contributed by atoms with van der Waals surface area (Å²) in [7, 11) is 0. The van der Waals surface area contributed by atoms with E-state index in [2.05, 4.69) is 26.0 Å². The maximum atomic E-state index is 12.1. The fraction of sp³-hybridized carbons (Fsp3) is 0.125. The zero-order valence-corrected chi connectivity index (χ0v) is 13.4. The van der Waals surface area contributed by atoms with Gasteiger partial charge in [0.1, 0.15) is 5.75 Å². The minimum Gasteiger partial charge on any atom is -0.434 e. The van der Waals surface area contributed by atoms with Crippen molar-refractivity contribution in [3.05, 3.63) is 58.6 Å². The Kier molecular flexibility index (Phi) is 5.55. The number of halogens is 1. The molecule has 0 saturated heterocycles. The van der Waals surface area contributed by atoms with Crippen molar-refractivity contribution in [2.75, 3.05) is 11.9 Å². The number of carbonyl (C=O) groups is 2. The molecule has 2 aromatic carbocycles. The standard InChI is InChI=1S/C16H14BrNO4/c1-2-21-16(20)22-12-9-7-11(8-10-12)18-15(19)13-5-3-4-6-14(13)17/h3-10H,2H2,1H3,(H,18,19). The SMILES string of the molecule is CCOC(=O)Oc1ccc(NC(=O)c2ccccc2Br)cc1. The number of amides is 1. The predicted molar refractivity (Wildman–Crippen MR) is 86.2 cm³/mol. The number of benzene rings is 2. The first-order valence-corrected chi connectivity index (χ1v) is 7.40. The van der Waals surface area contributed by atoms with Gasteiger partial charge in [0.15, 0.2) is 0 Å². The van der Waals surface area contributed by atoms with Crippen molar-refractivity contribution in [3.8, 4) is 5.75 Å². The zero-order valence-electron chi connectivity index (χ0n) is 11.8. The first-order chi connectivity index (χ1) is 10.6. The molecule has 0 heterocycles. The van der Waals surface area contributed by atoms with Crippen molar-refractivity contribution in [1.82, 2.24) is 0 Å². The zero-order chi connectivity index (χ0) is 15.9. The van der Waals surface area contributed by atoms with Crippen molar-refractivity contribution < 1.29 is 19.1 Å². The van der Waals surface area contributed by atoms with Crippen LogP contribution in [-0.4, -0.2) is 18.7 Å². The molecular weight excluding hydrogens is 350 g/mol. The van der Waals surface area contributed by atoms with Gasteiger partial charge in [0, 0.05) is 10.2 Å². The Morgan fingerprint density at radius 2 is 1.77 bits per heavy atom. The highest BCUT2D eigenvalue weighted by Crippen LogP contribution is 2.20. The number of nitrogens with one attached hydrogen (secondary N) is 1. The second kappa shape index (κ2) is 7.61. The Labute approximate surface area is 136 Å². The first-order valence-electron chi connectivity index (χ1n) is 6.60. The third kappa shape index (κ3) is 4.33. The van der Waals surface area contributed by atoms with Gasteiger partial charge in [0.2, 0.25) is 0 Å². The van der Waals surface area contributed by atoms with Gasteiger partial charge in [0.25, 0.3) is 5.91 Å². The van der Waals surface area contributed by atoms with Crippen molar-refractivity contribution in [1.29, 1.82) is 0 Å². The highest BCUT2D eigenvalue weighted by atomic mass is 79.9. The average Bonchev–Trinajstić information content (AvgIpc) is 2.50. The maximum Gasteiger partial charge on any atom is 0.513 e. The monoisotopic (exact) mass is 363 g/mol. The van der Waals surface area contributed by atoms with Crippen LogP contribution in [0.3, 0.4) is 0 Å². The molecule has 6 heteroatoms. The molecule has 0 aliphatic rings. The molecule has 0 atom stereocenters. The number of anilines is 1. The van der Waals surface area contributed by atoms with Gasteiger partial charge in [-0.25, -0.2) is 4.79 Å². The van der Waals surface area contributed by atoms with E-state index in [9.17, 15) is 9.59 Å². The van der Waals surface area contributed by atoms with Crippen LogP contribution in [0.15, 0.2) is 53.0 Å². The van der Waals surface area contributed by atoms with Gasteiger partial charge < -0.3 is 14.8 Å². The van der Waals surface area contributed by atoms with E-state index in [0.717, 1.165) is 4.47 Å². The Balaban J connectivity index is 2.01. The van der Waals surface area contributed by atoms with E-state index < -0.39 is 6.16 Å². The summed E-state index contributed by atoms with van der Waals surface area (Å²) >= 11 is 3.33. The summed E-state index contributed by atoms with van der Waals surface area (Å²) in [5.41, 5.74) is 1.13. The van der Waals surface area contributed by atoms with E-state index in [-0.39, 0.29) is 12.5 Å². The summed E-state index contributed by atoms with van der Waals surface area (Å²) in [5.74, 6) is 0.115. The van der Waals surface area contributed by atoms with Crippen LogP contribution >= 0.6 is 15.9 Å². The molecule has 2 aromatic rings. The van der Waals surface area contributed by atoms with Crippen molar-refractivity contribution >= 4 is 33.7 Å². The number of ether oxygens (including phenoxy) is 2. The lowest BCUT2D eigenvalue weighted by atomic mass is 10.2. The van der Waals surface area contributed by atoms with E-state index in [1.54, 1.807) is 49.4 Å². The van der Waals surface area contributed by atoms with Gasteiger partial charge in [-0.2, -0.15) is 0 Å². The third-order valence-electron chi connectivity index (χ3n) is 2.69. The van der Waals surface area contributed by atoms with Gasteiger partial charge in [0.05, 0.1) is 12.2 Å². The summed E-state index contributed by atoms with van der Waals surface area (Å²) in [6.07, 6.45) is -0.757. The molecule has 2 rings (SSSR count). The molecule has 22 heavy (non-hydrogen) atoms. The van der Waals surface area contributed by atoms with Crippen LogP contribution in [0.2, 0.25) is 0 Å². The topological polar surface area (TPSA) is 64.6 Å². The lowest BCUT2D eigenvalue weighted by Gasteiger charge is -2.08. The Morgan fingerprint density at radius 3 is 2.41 bits per heavy atom. The third-order valence-corrected chi connectivity index (χ3v) is 3.39. The van der Waals surface area contributed by atoms with Crippen molar-refractivity contribution in [2.24, 2.45) is 0 Å². The summed E-state index contributed by atoms with van der Waals surface area (Å²) < 4.78 is 10.3. The Morgan fingerprint density at radius 1 is 1.09 bits per heavy atom. The maximum absolute atomic E-state index is 12.1. The van der Waals surface area contributed by atoms with E-state index in [1.807, 2.05) is 6.07 Å². The van der Waals surface area contributed by atoms with Crippen LogP contribution in [0.4, 0.5) is 10.5 Å². The highest BCUT2D eigenvalue weighted by Gasteiger charge is 2.10. The molecule has 0 aliphatic heterocycles. The highest BCUT2D eigenvalue weighted by molar-refractivity contribution is 9.10. The van der Waals surface area contributed by atoms with Crippen LogP contribution in [0.5, 0.6) is 5.75 Å². The molecule has 0 unspecified atom stereocenters. The van der Waals surface area contributed by atoms with Crippen LogP contribution in [-0.2, 0) is 4.74 Å². The van der Waals surface area contributed by atoms with E-state index in [0.29, 0.717) is 17.0 Å². The molecule has 0 bridgehead atoms. The van der Waals surface area contributed by atoms with Gasteiger partial charge in [-0.05, 0) is 59.3 Å². The van der Waals surface area contributed by atoms with E-state index in [1.165, 1.54) is 0 Å². The molecular formula is C16H14BrNO4. The van der Waals surface area contributed by atoms with Gasteiger partial charge in [-0.3, -0.25) is 4.79 Å². The number of hydrogen-bond acceptors (Lipinski definition) is 4. The second-order valence-corrected chi connectivity index (χ2v) is 5.10. The normalized spacial score (nSPS) is 9.91. The van der Waals surface area contributed by atoms with Gasteiger partial charge >= 0.3 is 6.16 Å². The molecule has 0 spiro atoms. The summed E-state index contributed by atoms with van der Waals surface area (Å²) in [6.45, 7) is 1.94. The van der Waals surface area contributed by atoms with Crippen LogP contribution in [0, 0.1) is 0 Å². The van der Waals surface area contributed by atoms with E-state index >= 15 is 0 Å². The second-order valence-electron chi connectivity index (χ2n) is 4.24. The molecule has 5 nitrogen and oxygen atoms in total. The first kappa shape index (κ1) is 16.0. The largest absolute Gasteiger partial charge is 0.513 e. The molecule has 0 saturated carbocycles. The van der Waals surface area contributed by atoms with Crippen LogP contribution < -0.4 is 10.1 Å². The van der Waals surface area contributed by atoms with E-state index in [4.69, 9.17) is 4.74 Å². The Hall–Kier alpha value is -2.34. The number of carbonyl (C=O) groups excluding carboxylic acids is 2. The van der Waals surface area contributed by atoms with Crippen LogP contribution in [0.25, 0.3) is 0 Å². The van der Waals surface area contributed by atoms with Crippen LogP contribution in [0.1, 0.15) is 17.3 Å². The predicted octanol–water partition coefficient (Wildman–Crippen LogP) is 4.24. The fourth-order valence-corrected chi connectivity index (χ4v) is 2.16. The number of hydrogen-bond donors (Lipinski definition) is 1. The van der Waals surface area contributed by atoms with Crippen molar-refractivity contribution in [3.63, 3.8) is 0 Å². The molecule has 0 radical (unpaired) electrons. The molecule has 0 aromatic heterocycles. The van der Waals surface area contributed by atoms with Gasteiger partial charge in [-0.1, -0.05) is 12.1 Å². The molecule has 0 aliphatic carbocycles. The molecule has 1 amide bonds. The van der Waals surface area contributed by atoms with Crippen molar-refractivity contribution in [2.45, 2.75) is 6.92 Å². The minimum absolute atomic E-state index is 0.230. The quantitative estimate of drug-likeness (QED) is 0.651. The lowest BCUT2D eigenvalue weighted by Crippen LogP contribution is -2.13. The molecule has 1 N–H and O–H groups in total. The summed E-state index contributed by atoms with van der Waals surface area (Å²) in [6, 6.07) is 13.6. The van der Waals surface area contributed by atoms with Gasteiger partial charge in [-0.15, -0.1) is 0 Å². The molecule has 0 fully saturated rings. The average molecular weight is 364 g/mol. The lowest BCUT2D eigenvalue weighted by molar-refractivity contribution is 0.102. The fourth-order valence-electron chi connectivity index (χ4n) is 1.69. The summed E-state index contributed by atoms with van der Waals surface area (Å²) in [4.78, 5) is 23.3. The molecule has 114 valence electrons. The minimum atomic E-state index is -0.757. The summed E-state index contributed by atoms with van der Waals surface area (Å²) in [5, 5.41) is 2.76. The smallest absolute Gasteiger partial charge is 0.434 e.